The number of benzene rings is 2. The maximum absolute atomic E-state index is 12.7. The van der Waals surface area contributed by atoms with Gasteiger partial charge in [0.05, 0.1) is 11.2 Å². The first kappa shape index (κ1) is 17.2. The van der Waals surface area contributed by atoms with E-state index >= 15 is 0 Å². The first-order valence-corrected chi connectivity index (χ1v) is 9.14. The maximum Gasteiger partial charge on any atom is 0.255 e. The molecule has 0 unspecified atom stereocenters. The molecule has 4 rings (SSSR count). The molecule has 0 saturated carbocycles. The Kier molecular flexibility index (Phi) is 4.59. The predicted molar refractivity (Wildman–Crippen MR) is 106 cm³/mol. The van der Waals surface area contributed by atoms with Crippen molar-refractivity contribution in [2.45, 2.75) is 26.3 Å². The zero-order chi connectivity index (χ0) is 18.8. The van der Waals surface area contributed by atoms with Crippen LogP contribution in [-0.2, 0) is 11.3 Å². The molecule has 1 aromatic heterocycles. The standard InChI is InChI=1S/C22H21N3O2/c1-15-6-11-19(18-4-2-12-23-21(15)18)24-22(27)17-9-7-16(8-10-17)14-25-13-3-5-20(25)26/h2,4,6-12H,3,5,13-14H2,1H3,(H,24,27). The Bertz CT molecular complexity index is 1010. The number of carbonyl (C=O) groups is 2. The van der Waals surface area contributed by atoms with Crippen molar-refractivity contribution >= 4 is 28.4 Å². The average Bonchev–Trinajstić information content (AvgIpc) is 3.09. The van der Waals surface area contributed by atoms with E-state index in [0.717, 1.165) is 40.7 Å². The van der Waals surface area contributed by atoms with Gasteiger partial charge in [0.2, 0.25) is 5.91 Å². The highest BCUT2D eigenvalue weighted by molar-refractivity contribution is 6.09. The number of aromatic nitrogens is 1. The van der Waals surface area contributed by atoms with Crippen molar-refractivity contribution in [1.29, 1.82) is 0 Å². The number of carbonyl (C=O) groups excluding carboxylic acids is 2. The van der Waals surface area contributed by atoms with Crippen LogP contribution in [0.2, 0.25) is 0 Å². The number of amides is 2. The minimum absolute atomic E-state index is 0.159. The molecule has 1 aliphatic heterocycles. The van der Waals surface area contributed by atoms with Gasteiger partial charge in [0.1, 0.15) is 0 Å². The third-order valence-corrected chi connectivity index (χ3v) is 4.98. The monoisotopic (exact) mass is 359 g/mol. The number of aryl methyl sites for hydroxylation is 1. The number of anilines is 1. The second-order valence-corrected chi connectivity index (χ2v) is 6.90. The van der Waals surface area contributed by atoms with E-state index in [1.54, 1.807) is 18.3 Å². The van der Waals surface area contributed by atoms with Gasteiger partial charge in [-0.15, -0.1) is 0 Å². The van der Waals surface area contributed by atoms with Gasteiger partial charge < -0.3 is 10.2 Å². The molecule has 1 saturated heterocycles. The molecule has 0 radical (unpaired) electrons. The van der Waals surface area contributed by atoms with Gasteiger partial charge in [-0.1, -0.05) is 18.2 Å². The number of nitrogens with zero attached hydrogens (tertiary/aromatic N) is 2. The van der Waals surface area contributed by atoms with Crippen LogP contribution in [0.25, 0.3) is 10.9 Å². The molecule has 3 aromatic rings. The maximum atomic E-state index is 12.7. The molecule has 5 heteroatoms. The fraction of sp³-hybridized carbons (Fsp3) is 0.227. The van der Waals surface area contributed by atoms with Crippen LogP contribution in [-0.4, -0.2) is 28.2 Å². The number of hydrogen-bond donors (Lipinski definition) is 1. The molecule has 5 nitrogen and oxygen atoms in total. The highest BCUT2D eigenvalue weighted by Gasteiger charge is 2.20. The third kappa shape index (κ3) is 3.53. The molecule has 136 valence electrons. The number of fused-ring (bicyclic) bond motifs is 1. The zero-order valence-corrected chi connectivity index (χ0v) is 15.2. The quantitative estimate of drug-likeness (QED) is 0.768. The van der Waals surface area contributed by atoms with E-state index in [1.165, 1.54) is 0 Å². The summed E-state index contributed by atoms with van der Waals surface area (Å²) in [6.07, 6.45) is 3.32. The summed E-state index contributed by atoms with van der Waals surface area (Å²) in [6, 6.07) is 15.1. The molecule has 2 amide bonds. The van der Waals surface area contributed by atoms with E-state index in [9.17, 15) is 9.59 Å². The van der Waals surface area contributed by atoms with Crippen LogP contribution >= 0.6 is 0 Å². The van der Waals surface area contributed by atoms with Crippen LogP contribution in [0.4, 0.5) is 5.69 Å². The van der Waals surface area contributed by atoms with Crippen LogP contribution in [0.15, 0.2) is 54.7 Å². The lowest BCUT2D eigenvalue weighted by atomic mass is 10.1. The van der Waals surface area contributed by atoms with Crippen molar-refractivity contribution in [3.05, 3.63) is 71.4 Å². The Morgan fingerprint density at radius 1 is 1.15 bits per heavy atom. The molecule has 0 aliphatic carbocycles. The SMILES string of the molecule is Cc1ccc(NC(=O)c2ccc(CN3CCCC3=O)cc2)c2cccnc12. The van der Waals surface area contributed by atoms with Crippen molar-refractivity contribution in [2.24, 2.45) is 0 Å². The van der Waals surface area contributed by atoms with E-state index in [1.807, 2.05) is 48.2 Å². The minimum atomic E-state index is -0.159. The normalized spacial score (nSPS) is 14.0. The number of hydrogen-bond acceptors (Lipinski definition) is 3. The lowest BCUT2D eigenvalue weighted by Crippen LogP contribution is -2.23. The number of nitrogens with one attached hydrogen (secondary N) is 1. The molecule has 1 N–H and O–H groups in total. The average molecular weight is 359 g/mol. The second-order valence-electron chi connectivity index (χ2n) is 6.90. The van der Waals surface area contributed by atoms with Crippen molar-refractivity contribution in [2.75, 3.05) is 11.9 Å². The third-order valence-electron chi connectivity index (χ3n) is 4.98. The topological polar surface area (TPSA) is 62.3 Å². The molecule has 0 bridgehead atoms. The second kappa shape index (κ2) is 7.19. The zero-order valence-electron chi connectivity index (χ0n) is 15.2. The van der Waals surface area contributed by atoms with Gasteiger partial charge in [0.25, 0.3) is 5.91 Å². The predicted octanol–water partition coefficient (Wildman–Crippen LogP) is 3.92. The fourth-order valence-corrected chi connectivity index (χ4v) is 3.47. The van der Waals surface area contributed by atoms with Gasteiger partial charge in [-0.3, -0.25) is 14.6 Å². The summed E-state index contributed by atoms with van der Waals surface area (Å²) < 4.78 is 0. The lowest BCUT2D eigenvalue weighted by Gasteiger charge is -2.15. The molecule has 0 atom stereocenters. The van der Waals surface area contributed by atoms with Gasteiger partial charge in [-0.05, 0) is 54.8 Å². The Hall–Kier alpha value is -3.21. The number of rotatable bonds is 4. The molecular formula is C22H21N3O2. The van der Waals surface area contributed by atoms with Crippen LogP contribution in [0.5, 0.6) is 0 Å². The highest BCUT2D eigenvalue weighted by atomic mass is 16.2. The van der Waals surface area contributed by atoms with Gasteiger partial charge in [-0.2, -0.15) is 0 Å². The van der Waals surface area contributed by atoms with Gasteiger partial charge >= 0.3 is 0 Å². The molecule has 2 heterocycles. The molecule has 1 aliphatic rings. The van der Waals surface area contributed by atoms with Crippen molar-refractivity contribution in [3.63, 3.8) is 0 Å². The van der Waals surface area contributed by atoms with Crippen LogP contribution in [0.3, 0.4) is 0 Å². The molecule has 2 aromatic carbocycles. The minimum Gasteiger partial charge on any atom is -0.338 e. The Labute approximate surface area is 158 Å². The Balaban J connectivity index is 1.50. The molecule has 1 fully saturated rings. The summed E-state index contributed by atoms with van der Waals surface area (Å²) >= 11 is 0. The summed E-state index contributed by atoms with van der Waals surface area (Å²) in [5.41, 5.74) is 4.33. The largest absolute Gasteiger partial charge is 0.338 e. The van der Waals surface area contributed by atoms with Gasteiger partial charge in [-0.25, -0.2) is 0 Å². The van der Waals surface area contributed by atoms with Crippen molar-refractivity contribution in [3.8, 4) is 0 Å². The van der Waals surface area contributed by atoms with Crippen LogP contribution in [0, 0.1) is 6.92 Å². The first-order chi connectivity index (χ1) is 13.1. The van der Waals surface area contributed by atoms with Gasteiger partial charge in [0.15, 0.2) is 0 Å². The summed E-state index contributed by atoms with van der Waals surface area (Å²) in [6.45, 7) is 3.43. The van der Waals surface area contributed by atoms with Crippen molar-refractivity contribution in [1.82, 2.24) is 9.88 Å². The van der Waals surface area contributed by atoms with Crippen LogP contribution < -0.4 is 5.32 Å². The Morgan fingerprint density at radius 2 is 1.96 bits per heavy atom. The summed E-state index contributed by atoms with van der Waals surface area (Å²) in [4.78, 5) is 30.7. The number of pyridine rings is 1. The van der Waals surface area contributed by atoms with Crippen LogP contribution in [0.1, 0.15) is 34.3 Å². The molecule has 27 heavy (non-hydrogen) atoms. The summed E-state index contributed by atoms with van der Waals surface area (Å²) in [5.74, 6) is 0.0458. The van der Waals surface area contributed by atoms with E-state index in [2.05, 4.69) is 10.3 Å². The van der Waals surface area contributed by atoms with E-state index in [0.29, 0.717) is 18.5 Å². The van der Waals surface area contributed by atoms with E-state index < -0.39 is 0 Å². The smallest absolute Gasteiger partial charge is 0.255 e. The summed E-state index contributed by atoms with van der Waals surface area (Å²) in [7, 11) is 0. The first-order valence-electron chi connectivity index (χ1n) is 9.14. The van der Waals surface area contributed by atoms with Gasteiger partial charge in [0, 0.05) is 36.7 Å². The fourth-order valence-electron chi connectivity index (χ4n) is 3.47. The van der Waals surface area contributed by atoms with E-state index in [-0.39, 0.29) is 11.8 Å². The van der Waals surface area contributed by atoms with Crippen molar-refractivity contribution < 1.29 is 9.59 Å². The lowest BCUT2D eigenvalue weighted by molar-refractivity contribution is -0.128. The Morgan fingerprint density at radius 3 is 2.70 bits per heavy atom. The number of likely N-dealkylation sites (tertiary alicyclic amines) is 1. The molecular weight excluding hydrogens is 338 g/mol. The highest BCUT2D eigenvalue weighted by Crippen LogP contribution is 2.25. The van der Waals surface area contributed by atoms with E-state index in [4.69, 9.17) is 0 Å². The summed E-state index contributed by atoms with van der Waals surface area (Å²) in [5, 5.41) is 3.91. The molecule has 0 spiro atoms.